The number of hydrogen-bond donors (Lipinski definition) is 2. The number of hydrogen-bond acceptors (Lipinski definition) is 8. The summed E-state index contributed by atoms with van der Waals surface area (Å²) < 4.78 is 6.48. The van der Waals surface area contributed by atoms with Crippen molar-refractivity contribution in [1.82, 2.24) is 20.1 Å². The zero-order chi connectivity index (χ0) is 24.9. The van der Waals surface area contributed by atoms with Gasteiger partial charge in [0.05, 0.1) is 29.6 Å². The second-order valence-corrected chi connectivity index (χ2v) is 11.1. The van der Waals surface area contributed by atoms with Crippen molar-refractivity contribution >= 4 is 46.0 Å². The van der Waals surface area contributed by atoms with Crippen molar-refractivity contribution in [3.63, 3.8) is 0 Å². The van der Waals surface area contributed by atoms with Crippen LogP contribution >= 0.6 is 23.1 Å². The maximum atomic E-state index is 13.5. The first-order valence-electron chi connectivity index (χ1n) is 11.7. The summed E-state index contributed by atoms with van der Waals surface area (Å²) >= 11 is 2.94. The Kier molecular flexibility index (Phi) is 8.30. The smallest absolute Gasteiger partial charge is 0.257 e. The number of likely N-dealkylation sites (N-methyl/N-ethyl adjacent to an activating group) is 1. The van der Waals surface area contributed by atoms with Crippen molar-refractivity contribution < 1.29 is 19.1 Å². The zero-order valence-electron chi connectivity index (χ0n) is 20.3. The fourth-order valence-corrected chi connectivity index (χ4v) is 5.88. The van der Waals surface area contributed by atoms with E-state index in [1.165, 1.54) is 23.1 Å². The van der Waals surface area contributed by atoms with Gasteiger partial charge >= 0.3 is 0 Å². The third kappa shape index (κ3) is 6.33. The van der Waals surface area contributed by atoms with Crippen LogP contribution in [0.2, 0.25) is 0 Å². The average Bonchev–Trinajstić information content (AvgIpc) is 3.64. The van der Waals surface area contributed by atoms with Crippen LogP contribution in [-0.4, -0.2) is 79.4 Å². The molecule has 2 aliphatic rings. The lowest BCUT2D eigenvalue weighted by atomic mass is 10.1. The fourth-order valence-electron chi connectivity index (χ4n) is 3.94. The highest BCUT2D eigenvalue weighted by atomic mass is 32.2. The molecular weight excluding hydrogens is 486 g/mol. The Morgan fingerprint density at radius 3 is 2.63 bits per heavy atom. The Labute approximate surface area is 213 Å². The number of aromatic nitrogens is 1. The molecule has 2 heterocycles. The zero-order valence-corrected chi connectivity index (χ0v) is 21.9. The normalized spacial score (nSPS) is 16.1. The molecule has 11 heteroatoms. The van der Waals surface area contributed by atoms with Crippen LogP contribution in [0.5, 0.6) is 5.75 Å². The van der Waals surface area contributed by atoms with E-state index < -0.39 is 0 Å². The van der Waals surface area contributed by atoms with Gasteiger partial charge in [0.2, 0.25) is 11.8 Å². The lowest BCUT2D eigenvalue weighted by molar-refractivity contribution is -0.130. The number of nitrogens with zero attached hydrogens (tertiary/aromatic N) is 3. The second-order valence-electron chi connectivity index (χ2n) is 8.72. The van der Waals surface area contributed by atoms with Crippen molar-refractivity contribution in [1.29, 1.82) is 0 Å². The molecule has 0 bridgehead atoms. The Balaban J connectivity index is 1.48. The number of anilines is 1. The molecule has 188 valence electrons. The Morgan fingerprint density at radius 1 is 1.17 bits per heavy atom. The molecule has 0 atom stereocenters. The number of amides is 3. The van der Waals surface area contributed by atoms with Crippen LogP contribution in [0.15, 0.2) is 27.4 Å². The maximum Gasteiger partial charge on any atom is 0.257 e. The number of ether oxygens (including phenoxy) is 1. The van der Waals surface area contributed by atoms with E-state index in [0.29, 0.717) is 49.2 Å². The number of carbonyl (C=O) groups is 3. The van der Waals surface area contributed by atoms with Crippen LogP contribution in [-0.2, 0) is 9.59 Å². The van der Waals surface area contributed by atoms with Gasteiger partial charge in [0.1, 0.15) is 5.75 Å². The molecule has 2 N–H and O–H groups in total. The average molecular weight is 518 g/mol. The first-order valence-corrected chi connectivity index (χ1v) is 13.4. The van der Waals surface area contributed by atoms with Gasteiger partial charge in [0, 0.05) is 37.0 Å². The van der Waals surface area contributed by atoms with Crippen molar-refractivity contribution in [3.05, 3.63) is 29.5 Å². The van der Waals surface area contributed by atoms with Gasteiger partial charge in [-0.1, -0.05) is 23.1 Å². The summed E-state index contributed by atoms with van der Waals surface area (Å²) in [7, 11) is 3.32. The molecular formula is C24H31N5O4S2. The van der Waals surface area contributed by atoms with Crippen LogP contribution in [0.1, 0.15) is 35.2 Å². The van der Waals surface area contributed by atoms with Crippen LogP contribution in [0, 0.1) is 12.8 Å². The highest BCUT2D eigenvalue weighted by molar-refractivity contribution is 8.01. The Bertz CT molecular complexity index is 1100. The van der Waals surface area contributed by atoms with E-state index in [2.05, 4.69) is 15.6 Å². The van der Waals surface area contributed by atoms with Crippen LogP contribution < -0.4 is 15.4 Å². The monoisotopic (exact) mass is 517 g/mol. The maximum absolute atomic E-state index is 13.5. The second kappa shape index (κ2) is 11.4. The number of nitrogens with one attached hydrogen (secondary N) is 2. The van der Waals surface area contributed by atoms with Gasteiger partial charge in [-0.15, -0.1) is 0 Å². The third-order valence-electron chi connectivity index (χ3n) is 6.06. The molecule has 4 rings (SSSR count). The van der Waals surface area contributed by atoms with E-state index >= 15 is 0 Å². The van der Waals surface area contributed by atoms with E-state index in [0.717, 1.165) is 33.9 Å². The van der Waals surface area contributed by atoms with Crippen molar-refractivity contribution in [2.24, 2.45) is 5.92 Å². The summed E-state index contributed by atoms with van der Waals surface area (Å²) in [4.78, 5) is 46.7. The summed E-state index contributed by atoms with van der Waals surface area (Å²) in [5, 5.41) is 6.37. The van der Waals surface area contributed by atoms with Gasteiger partial charge in [0.25, 0.3) is 5.91 Å². The van der Waals surface area contributed by atoms with Gasteiger partial charge < -0.3 is 25.2 Å². The van der Waals surface area contributed by atoms with E-state index in [1.807, 2.05) is 19.1 Å². The van der Waals surface area contributed by atoms with Crippen LogP contribution in [0.3, 0.4) is 0 Å². The van der Waals surface area contributed by atoms with E-state index in [-0.39, 0.29) is 23.6 Å². The molecule has 2 fully saturated rings. The number of methoxy groups -OCH3 is 1. The minimum Gasteiger partial charge on any atom is -0.496 e. The number of benzene rings is 1. The molecule has 9 nitrogen and oxygen atoms in total. The molecule has 0 spiro atoms. The van der Waals surface area contributed by atoms with Crippen LogP contribution in [0.25, 0.3) is 0 Å². The van der Waals surface area contributed by atoms with E-state index in [1.54, 1.807) is 30.2 Å². The first kappa shape index (κ1) is 25.5. The van der Waals surface area contributed by atoms with Gasteiger partial charge in [-0.05, 0) is 50.9 Å². The molecule has 3 amide bonds. The molecule has 35 heavy (non-hydrogen) atoms. The molecule has 0 unspecified atom stereocenters. The van der Waals surface area contributed by atoms with Crippen LogP contribution in [0.4, 0.5) is 5.13 Å². The SMILES string of the molecule is CNCC(=O)N1CCCN(C(=O)c2cc(Sc3cnc(NC(=O)C4CC4)s3)c(C)cc2OC)CC1. The van der Waals surface area contributed by atoms with Crippen molar-refractivity contribution in [3.8, 4) is 5.75 Å². The highest BCUT2D eigenvalue weighted by Gasteiger charge is 2.30. The lowest BCUT2D eigenvalue weighted by Crippen LogP contribution is -2.40. The van der Waals surface area contributed by atoms with E-state index in [4.69, 9.17) is 4.74 Å². The van der Waals surface area contributed by atoms with E-state index in [9.17, 15) is 14.4 Å². The molecule has 0 radical (unpaired) electrons. The highest BCUT2D eigenvalue weighted by Crippen LogP contribution is 2.39. The summed E-state index contributed by atoms with van der Waals surface area (Å²) in [5.74, 6) is 0.637. The molecule has 1 aliphatic carbocycles. The molecule has 1 saturated carbocycles. The molecule has 2 aromatic rings. The largest absolute Gasteiger partial charge is 0.496 e. The number of thiazole rings is 1. The molecule has 1 saturated heterocycles. The van der Waals surface area contributed by atoms with Crippen molar-refractivity contribution in [2.75, 3.05) is 52.2 Å². The standard InChI is InChI=1S/C24H31N5O4S2/c1-15-11-18(33-3)17(23(32)29-8-4-7-28(9-10-29)20(30)13-25-2)12-19(15)34-21-14-26-24(35-21)27-22(31)16-5-6-16/h11-12,14,16,25H,4-10,13H2,1-3H3,(H,26,27,31). The Morgan fingerprint density at radius 2 is 1.91 bits per heavy atom. The number of carbonyl (C=O) groups excluding carboxylic acids is 3. The van der Waals surface area contributed by atoms with Gasteiger partial charge in [-0.3, -0.25) is 14.4 Å². The Hall–Kier alpha value is -2.63. The summed E-state index contributed by atoms with van der Waals surface area (Å²) in [6.45, 7) is 4.49. The number of aryl methyl sites for hydroxylation is 1. The van der Waals surface area contributed by atoms with Gasteiger partial charge in [0.15, 0.2) is 5.13 Å². The minimum absolute atomic E-state index is 0.0353. The predicted octanol–water partition coefficient (Wildman–Crippen LogP) is 2.85. The molecule has 1 aromatic carbocycles. The first-order chi connectivity index (χ1) is 16.9. The van der Waals surface area contributed by atoms with Gasteiger partial charge in [-0.25, -0.2) is 4.98 Å². The number of rotatable bonds is 8. The fraction of sp³-hybridized carbons (Fsp3) is 0.500. The summed E-state index contributed by atoms with van der Waals surface area (Å²) in [6, 6.07) is 3.76. The molecule has 1 aromatic heterocycles. The quantitative estimate of drug-likeness (QED) is 0.555. The molecule has 1 aliphatic heterocycles. The third-order valence-corrected chi connectivity index (χ3v) is 8.24. The van der Waals surface area contributed by atoms with Gasteiger partial charge in [-0.2, -0.15) is 0 Å². The minimum atomic E-state index is -0.103. The lowest BCUT2D eigenvalue weighted by Gasteiger charge is -2.23. The topological polar surface area (TPSA) is 104 Å². The van der Waals surface area contributed by atoms with Crippen molar-refractivity contribution in [2.45, 2.75) is 35.3 Å². The summed E-state index contributed by atoms with van der Waals surface area (Å²) in [5.41, 5.74) is 1.49. The summed E-state index contributed by atoms with van der Waals surface area (Å²) in [6.07, 6.45) is 4.37. The predicted molar refractivity (Wildman–Crippen MR) is 136 cm³/mol.